The molecular weight excluding hydrogens is 314 g/mol. The Balaban J connectivity index is 2.31. The van der Waals surface area contributed by atoms with Gasteiger partial charge in [0.05, 0.1) is 12.0 Å². The van der Waals surface area contributed by atoms with E-state index in [1.54, 1.807) is 63.2 Å². The van der Waals surface area contributed by atoms with E-state index in [1.165, 1.54) is 7.11 Å². The van der Waals surface area contributed by atoms with Gasteiger partial charge >= 0.3 is 0 Å². The number of methoxy groups -OCH3 is 1. The van der Waals surface area contributed by atoms with Crippen molar-refractivity contribution in [2.24, 2.45) is 0 Å². The highest BCUT2D eigenvalue weighted by atomic mass is 32.2. The molecule has 6 heteroatoms. The van der Waals surface area contributed by atoms with Crippen molar-refractivity contribution in [1.29, 1.82) is 0 Å². The quantitative estimate of drug-likeness (QED) is 0.900. The Morgan fingerprint density at radius 3 is 2.04 bits per heavy atom. The fourth-order valence-corrected chi connectivity index (χ4v) is 3.58. The molecule has 0 saturated heterocycles. The van der Waals surface area contributed by atoms with Crippen LogP contribution in [0.2, 0.25) is 0 Å². The summed E-state index contributed by atoms with van der Waals surface area (Å²) in [7, 11) is -2.07. The molecule has 0 aliphatic rings. The number of aromatic hydroxyl groups is 1. The van der Waals surface area contributed by atoms with Crippen LogP contribution in [0.3, 0.4) is 0 Å². The van der Waals surface area contributed by atoms with Crippen molar-refractivity contribution in [2.45, 2.75) is 31.2 Å². The minimum atomic E-state index is -3.56. The summed E-state index contributed by atoms with van der Waals surface area (Å²) in [5, 5.41) is 9.83. The Kier molecular flexibility index (Phi) is 4.68. The number of ether oxygens (including phenoxy) is 1. The Hall–Kier alpha value is -2.05. The molecule has 0 aliphatic carbocycles. The molecule has 0 radical (unpaired) electrons. The smallest absolute Gasteiger partial charge is 0.241 e. The molecule has 23 heavy (non-hydrogen) atoms. The minimum Gasteiger partial charge on any atom is -0.504 e. The van der Waals surface area contributed by atoms with E-state index in [-0.39, 0.29) is 10.6 Å². The molecular formula is C17H21NO4S. The number of sulfonamides is 1. The van der Waals surface area contributed by atoms with Crippen LogP contribution in [0.4, 0.5) is 0 Å². The lowest BCUT2D eigenvalue weighted by Gasteiger charge is -2.20. The van der Waals surface area contributed by atoms with Gasteiger partial charge < -0.3 is 9.84 Å². The molecule has 0 spiro atoms. The molecule has 0 saturated carbocycles. The number of hydrogen-bond donors (Lipinski definition) is 2. The molecule has 5 nitrogen and oxygen atoms in total. The van der Waals surface area contributed by atoms with Gasteiger partial charge in [0.15, 0.2) is 11.5 Å². The first kappa shape index (κ1) is 17.3. The highest BCUT2D eigenvalue weighted by Crippen LogP contribution is 2.31. The molecule has 0 amide bonds. The van der Waals surface area contributed by atoms with Crippen LogP contribution in [0.15, 0.2) is 47.4 Å². The summed E-state index contributed by atoms with van der Waals surface area (Å²) >= 11 is 0. The van der Waals surface area contributed by atoms with Gasteiger partial charge in [0.2, 0.25) is 10.0 Å². The number of rotatable bonds is 4. The van der Waals surface area contributed by atoms with Gasteiger partial charge in [-0.15, -0.1) is 0 Å². The van der Waals surface area contributed by atoms with E-state index in [0.29, 0.717) is 5.75 Å². The summed E-state index contributed by atoms with van der Waals surface area (Å²) in [6.45, 7) is 5.37. The highest BCUT2D eigenvalue weighted by Gasteiger charge is 2.21. The monoisotopic (exact) mass is 335 g/mol. The van der Waals surface area contributed by atoms with Crippen LogP contribution in [0.25, 0.3) is 11.1 Å². The SMILES string of the molecule is COc1ccc(-c2ccc(S(=O)(=O)NC(C)(C)C)cc2)cc1O. The zero-order valence-corrected chi connectivity index (χ0v) is 14.4. The van der Waals surface area contributed by atoms with Crippen LogP contribution in [0.5, 0.6) is 11.5 Å². The molecule has 2 rings (SSSR count). The maximum absolute atomic E-state index is 12.3. The molecule has 0 bridgehead atoms. The standard InChI is InChI=1S/C17H21NO4S/c1-17(2,3)18-23(20,21)14-8-5-12(6-9-14)13-7-10-16(22-4)15(19)11-13/h5-11,18-19H,1-4H3. The first-order valence-electron chi connectivity index (χ1n) is 7.14. The van der Waals surface area contributed by atoms with Crippen molar-refractivity contribution in [3.63, 3.8) is 0 Å². The van der Waals surface area contributed by atoms with E-state index in [0.717, 1.165) is 11.1 Å². The third kappa shape index (κ3) is 4.24. The number of benzene rings is 2. The maximum Gasteiger partial charge on any atom is 0.241 e. The van der Waals surface area contributed by atoms with Gasteiger partial charge in [0.1, 0.15) is 0 Å². The molecule has 0 fully saturated rings. The van der Waals surface area contributed by atoms with Crippen molar-refractivity contribution in [3.05, 3.63) is 42.5 Å². The van der Waals surface area contributed by atoms with Crippen LogP contribution >= 0.6 is 0 Å². The Morgan fingerprint density at radius 1 is 1.00 bits per heavy atom. The lowest BCUT2D eigenvalue weighted by molar-refractivity contribution is 0.373. The fraction of sp³-hybridized carbons (Fsp3) is 0.294. The fourth-order valence-electron chi connectivity index (χ4n) is 2.16. The van der Waals surface area contributed by atoms with Crippen molar-refractivity contribution < 1.29 is 18.3 Å². The van der Waals surface area contributed by atoms with Crippen molar-refractivity contribution in [2.75, 3.05) is 7.11 Å². The van der Waals surface area contributed by atoms with Crippen molar-refractivity contribution in [3.8, 4) is 22.6 Å². The number of hydrogen-bond acceptors (Lipinski definition) is 4. The van der Waals surface area contributed by atoms with E-state index >= 15 is 0 Å². The van der Waals surface area contributed by atoms with Crippen LogP contribution in [0.1, 0.15) is 20.8 Å². The van der Waals surface area contributed by atoms with E-state index < -0.39 is 15.6 Å². The molecule has 124 valence electrons. The summed E-state index contributed by atoms with van der Waals surface area (Å²) in [6, 6.07) is 11.5. The van der Waals surface area contributed by atoms with E-state index in [9.17, 15) is 13.5 Å². The summed E-state index contributed by atoms with van der Waals surface area (Å²) in [5.41, 5.74) is 1.04. The summed E-state index contributed by atoms with van der Waals surface area (Å²) in [6.07, 6.45) is 0. The molecule has 2 aromatic rings. The maximum atomic E-state index is 12.3. The van der Waals surface area contributed by atoms with E-state index in [4.69, 9.17) is 4.74 Å². The average Bonchev–Trinajstić information content (AvgIpc) is 2.45. The van der Waals surface area contributed by atoms with Crippen molar-refractivity contribution >= 4 is 10.0 Å². The second kappa shape index (κ2) is 6.22. The normalized spacial score (nSPS) is 12.2. The molecule has 0 atom stereocenters. The second-order valence-corrected chi connectivity index (χ2v) is 7.95. The molecule has 2 N–H and O–H groups in total. The molecule has 0 aliphatic heterocycles. The van der Waals surface area contributed by atoms with E-state index in [1.807, 2.05) is 0 Å². The second-order valence-electron chi connectivity index (χ2n) is 6.27. The van der Waals surface area contributed by atoms with Crippen LogP contribution in [-0.4, -0.2) is 26.2 Å². The van der Waals surface area contributed by atoms with Gasteiger partial charge in [0, 0.05) is 5.54 Å². The Labute approximate surface area is 137 Å². The summed E-state index contributed by atoms with van der Waals surface area (Å²) in [5.74, 6) is 0.429. The first-order valence-corrected chi connectivity index (χ1v) is 8.62. The molecule has 2 aromatic carbocycles. The third-order valence-corrected chi connectivity index (χ3v) is 4.89. The zero-order chi connectivity index (χ0) is 17.3. The third-order valence-electron chi connectivity index (χ3n) is 3.12. The molecule has 0 unspecified atom stereocenters. The number of nitrogens with one attached hydrogen (secondary N) is 1. The largest absolute Gasteiger partial charge is 0.504 e. The average molecular weight is 335 g/mol. The van der Waals surface area contributed by atoms with Gasteiger partial charge in [-0.3, -0.25) is 0 Å². The van der Waals surface area contributed by atoms with Crippen molar-refractivity contribution in [1.82, 2.24) is 4.72 Å². The van der Waals surface area contributed by atoms with Crippen LogP contribution < -0.4 is 9.46 Å². The van der Waals surface area contributed by atoms with Gasteiger partial charge in [0.25, 0.3) is 0 Å². The topological polar surface area (TPSA) is 75.6 Å². The number of phenolic OH excluding ortho intramolecular Hbond substituents is 1. The van der Waals surface area contributed by atoms with Crippen LogP contribution in [-0.2, 0) is 10.0 Å². The van der Waals surface area contributed by atoms with E-state index in [2.05, 4.69) is 4.72 Å². The predicted molar refractivity (Wildman–Crippen MR) is 90.2 cm³/mol. The predicted octanol–water partition coefficient (Wildman–Crippen LogP) is 3.14. The Bertz CT molecular complexity index is 790. The van der Waals surface area contributed by atoms with Gasteiger partial charge in [-0.2, -0.15) is 0 Å². The Morgan fingerprint density at radius 2 is 1.57 bits per heavy atom. The lowest BCUT2D eigenvalue weighted by Crippen LogP contribution is -2.40. The molecule has 0 aromatic heterocycles. The molecule has 0 heterocycles. The highest BCUT2D eigenvalue weighted by molar-refractivity contribution is 7.89. The zero-order valence-electron chi connectivity index (χ0n) is 13.6. The minimum absolute atomic E-state index is 0.0381. The summed E-state index contributed by atoms with van der Waals surface area (Å²) in [4.78, 5) is 0.203. The van der Waals surface area contributed by atoms with Gasteiger partial charge in [-0.05, 0) is 56.2 Å². The lowest BCUT2D eigenvalue weighted by atomic mass is 10.1. The van der Waals surface area contributed by atoms with Crippen LogP contribution in [0, 0.1) is 0 Å². The summed E-state index contributed by atoms with van der Waals surface area (Å²) < 4.78 is 32.2. The van der Waals surface area contributed by atoms with Gasteiger partial charge in [-0.25, -0.2) is 13.1 Å². The van der Waals surface area contributed by atoms with Gasteiger partial charge in [-0.1, -0.05) is 18.2 Å². The first-order chi connectivity index (χ1) is 10.6. The number of phenols is 1.